The van der Waals surface area contributed by atoms with Crippen molar-refractivity contribution in [2.24, 2.45) is 11.8 Å². The van der Waals surface area contributed by atoms with Gasteiger partial charge in [0, 0.05) is 26.3 Å². The summed E-state index contributed by atoms with van der Waals surface area (Å²) in [6, 6.07) is 0.729. The van der Waals surface area contributed by atoms with Gasteiger partial charge in [0.05, 0.1) is 0 Å². The highest BCUT2D eigenvalue weighted by Crippen LogP contribution is 2.24. The first-order valence-corrected chi connectivity index (χ1v) is 8.64. The molecule has 2 saturated heterocycles. The number of rotatable bonds is 6. The van der Waals surface area contributed by atoms with Gasteiger partial charge >= 0.3 is 0 Å². The van der Waals surface area contributed by atoms with E-state index in [0.717, 1.165) is 24.5 Å². The molecule has 0 atom stereocenters. The first-order chi connectivity index (χ1) is 9.69. The van der Waals surface area contributed by atoms with Crippen molar-refractivity contribution in [1.29, 1.82) is 0 Å². The third kappa shape index (κ3) is 5.01. The topological polar surface area (TPSA) is 15.7 Å². The lowest BCUT2D eigenvalue weighted by Gasteiger charge is -2.38. The third-order valence-electron chi connectivity index (χ3n) is 5.33. The molecule has 0 unspecified atom stereocenters. The highest BCUT2D eigenvalue weighted by Gasteiger charge is 2.25. The van der Waals surface area contributed by atoms with E-state index in [2.05, 4.69) is 23.6 Å². The fraction of sp³-hybridized carbons (Fsp3) is 1.00. The summed E-state index contributed by atoms with van der Waals surface area (Å²) in [5.74, 6) is 1.86. The van der Waals surface area contributed by atoms with Gasteiger partial charge in [-0.25, -0.2) is 0 Å². The van der Waals surface area contributed by atoms with E-state index in [4.69, 9.17) is 4.74 Å². The van der Waals surface area contributed by atoms with E-state index in [1.54, 1.807) is 0 Å². The van der Waals surface area contributed by atoms with Crippen molar-refractivity contribution in [3.63, 3.8) is 0 Å². The minimum atomic E-state index is 0.729. The number of hydrogen-bond acceptors (Lipinski definition) is 3. The molecule has 2 aliphatic heterocycles. The van der Waals surface area contributed by atoms with Gasteiger partial charge in [-0.2, -0.15) is 0 Å². The SMILES string of the molecule is COCCC1CCN(CC2CCN(C(C)C)CC2)CC1. The highest BCUT2D eigenvalue weighted by atomic mass is 16.5. The van der Waals surface area contributed by atoms with Gasteiger partial charge < -0.3 is 14.5 Å². The lowest BCUT2D eigenvalue weighted by Crippen LogP contribution is -2.43. The molecule has 3 heteroatoms. The molecule has 0 aromatic heterocycles. The number of likely N-dealkylation sites (tertiary alicyclic amines) is 2. The van der Waals surface area contributed by atoms with Crippen molar-refractivity contribution in [3.8, 4) is 0 Å². The molecular formula is C17H34N2O. The number of nitrogens with zero attached hydrogens (tertiary/aromatic N) is 2. The number of hydrogen-bond donors (Lipinski definition) is 0. The maximum Gasteiger partial charge on any atom is 0.0464 e. The average molecular weight is 282 g/mol. The lowest BCUT2D eigenvalue weighted by molar-refractivity contribution is 0.0952. The van der Waals surface area contributed by atoms with Gasteiger partial charge in [-0.1, -0.05) is 0 Å². The maximum atomic E-state index is 5.20. The Morgan fingerprint density at radius 2 is 1.55 bits per heavy atom. The second-order valence-electron chi connectivity index (χ2n) is 7.10. The first-order valence-electron chi connectivity index (χ1n) is 8.64. The fourth-order valence-electron chi connectivity index (χ4n) is 3.76. The van der Waals surface area contributed by atoms with Crippen LogP contribution in [0.15, 0.2) is 0 Å². The second-order valence-corrected chi connectivity index (χ2v) is 7.10. The average Bonchev–Trinajstić information content (AvgIpc) is 2.47. The summed E-state index contributed by atoms with van der Waals surface area (Å²) in [6.07, 6.45) is 6.84. The van der Waals surface area contributed by atoms with Crippen LogP contribution in [0.2, 0.25) is 0 Å². The van der Waals surface area contributed by atoms with Crippen molar-refractivity contribution in [1.82, 2.24) is 9.80 Å². The number of methoxy groups -OCH3 is 1. The molecule has 0 aromatic rings. The number of ether oxygens (including phenoxy) is 1. The van der Waals surface area contributed by atoms with E-state index in [-0.39, 0.29) is 0 Å². The van der Waals surface area contributed by atoms with Crippen molar-refractivity contribution in [2.45, 2.75) is 52.0 Å². The molecule has 2 rings (SSSR count). The van der Waals surface area contributed by atoms with Crippen LogP contribution in [0.1, 0.15) is 46.0 Å². The van der Waals surface area contributed by atoms with Gasteiger partial charge in [-0.3, -0.25) is 0 Å². The third-order valence-corrected chi connectivity index (χ3v) is 5.33. The molecular weight excluding hydrogens is 248 g/mol. The van der Waals surface area contributed by atoms with E-state index in [0.29, 0.717) is 0 Å². The first kappa shape index (κ1) is 16.3. The Morgan fingerprint density at radius 1 is 0.950 bits per heavy atom. The van der Waals surface area contributed by atoms with Crippen molar-refractivity contribution in [2.75, 3.05) is 46.4 Å². The Labute approximate surface area is 125 Å². The Morgan fingerprint density at radius 3 is 2.10 bits per heavy atom. The van der Waals surface area contributed by atoms with Crippen molar-refractivity contribution >= 4 is 0 Å². The van der Waals surface area contributed by atoms with Gasteiger partial charge in [-0.05, 0) is 84.0 Å². The molecule has 3 nitrogen and oxygen atoms in total. The zero-order valence-corrected chi connectivity index (χ0v) is 13.8. The molecule has 0 amide bonds. The molecule has 118 valence electrons. The minimum absolute atomic E-state index is 0.729. The Kier molecular flexibility index (Phi) is 6.79. The van der Waals surface area contributed by atoms with Gasteiger partial charge in [0.1, 0.15) is 0 Å². The fourth-order valence-corrected chi connectivity index (χ4v) is 3.76. The number of piperidine rings is 2. The summed E-state index contributed by atoms with van der Waals surface area (Å²) in [6.45, 7) is 12.2. The molecule has 20 heavy (non-hydrogen) atoms. The Balaban J connectivity index is 1.61. The lowest BCUT2D eigenvalue weighted by atomic mass is 9.91. The smallest absolute Gasteiger partial charge is 0.0464 e. The predicted octanol–water partition coefficient (Wildman–Crippen LogP) is 2.86. The van der Waals surface area contributed by atoms with Crippen LogP contribution in [0.4, 0.5) is 0 Å². The Hall–Kier alpha value is -0.120. The van der Waals surface area contributed by atoms with Crippen LogP contribution in [0.5, 0.6) is 0 Å². The molecule has 2 aliphatic rings. The highest BCUT2D eigenvalue weighted by molar-refractivity contribution is 4.79. The molecule has 0 aliphatic carbocycles. The summed E-state index contributed by atoms with van der Waals surface area (Å²) in [5.41, 5.74) is 0. The quantitative estimate of drug-likeness (QED) is 0.745. The van der Waals surface area contributed by atoms with Crippen LogP contribution in [-0.2, 0) is 4.74 Å². The van der Waals surface area contributed by atoms with Gasteiger partial charge in [-0.15, -0.1) is 0 Å². The summed E-state index contributed by atoms with van der Waals surface area (Å²) in [5, 5.41) is 0. The van der Waals surface area contributed by atoms with Crippen LogP contribution in [0.3, 0.4) is 0 Å². The normalized spacial score (nSPS) is 24.6. The summed E-state index contributed by atoms with van der Waals surface area (Å²) in [4.78, 5) is 5.35. The molecule has 0 aromatic carbocycles. The molecule has 0 bridgehead atoms. The standard InChI is InChI=1S/C17H34N2O/c1-15(2)19-11-6-17(7-12-19)14-18-9-4-16(5-10-18)8-13-20-3/h15-17H,4-14H2,1-3H3. The van der Waals surface area contributed by atoms with E-state index < -0.39 is 0 Å². The zero-order chi connectivity index (χ0) is 14.4. The summed E-state index contributed by atoms with van der Waals surface area (Å²) < 4.78 is 5.20. The van der Waals surface area contributed by atoms with Crippen LogP contribution in [0.25, 0.3) is 0 Å². The summed E-state index contributed by atoms with van der Waals surface area (Å²) in [7, 11) is 1.82. The van der Waals surface area contributed by atoms with E-state index in [1.807, 2.05) is 7.11 Å². The second kappa shape index (κ2) is 8.35. The molecule has 0 spiro atoms. The predicted molar refractivity (Wildman–Crippen MR) is 85.1 cm³/mol. The van der Waals surface area contributed by atoms with Gasteiger partial charge in [0.25, 0.3) is 0 Å². The molecule has 0 N–H and O–H groups in total. The minimum Gasteiger partial charge on any atom is -0.385 e. The molecule has 2 heterocycles. The molecule has 0 radical (unpaired) electrons. The zero-order valence-electron chi connectivity index (χ0n) is 13.8. The van der Waals surface area contributed by atoms with Crippen LogP contribution < -0.4 is 0 Å². The van der Waals surface area contributed by atoms with Gasteiger partial charge in [0.15, 0.2) is 0 Å². The largest absolute Gasteiger partial charge is 0.385 e. The Bertz CT molecular complexity index is 254. The van der Waals surface area contributed by atoms with Gasteiger partial charge in [0.2, 0.25) is 0 Å². The monoisotopic (exact) mass is 282 g/mol. The summed E-state index contributed by atoms with van der Waals surface area (Å²) >= 11 is 0. The van der Waals surface area contributed by atoms with E-state index >= 15 is 0 Å². The van der Waals surface area contributed by atoms with Crippen LogP contribution >= 0.6 is 0 Å². The molecule has 2 fully saturated rings. The van der Waals surface area contributed by atoms with Crippen molar-refractivity contribution in [3.05, 3.63) is 0 Å². The molecule has 0 saturated carbocycles. The van der Waals surface area contributed by atoms with E-state index in [9.17, 15) is 0 Å². The van der Waals surface area contributed by atoms with E-state index in [1.165, 1.54) is 64.8 Å². The maximum absolute atomic E-state index is 5.20. The van der Waals surface area contributed by atoms with Crippen molar-refractivity contribution < 1.29 is 4.74 Å². The van der Waals surface area contributed by atoms with Crippen LogP contribution in [-0.4, -0.2) is 62.3 Å². The van der Waals surface area contributed by atoms with Crippen LogP contribution in [0, 0.1) is 11.8 Å².